The Labute approximate surface area is 216 Å². The van der Waals surface area contributed by atoms with E-state index in [9.17, 15) is 18.0 Å². The van der Waals surface area contributed by atoms with Crippen LogP contribution in [0.15, 0.2) is 97.2 Å². The Morgan fingerprint density at radius 3 is 2.27 bits per heavy atom. The van der Waals surface area contributed by atoms with Crippen molar-refractivity contribution in [3.05, 3.63) is 119 Å². The van der Waals surface area contributed by atoms with Gasteiger partial charge in [0.1, 0.15) is 11.5 Å². The molecule has 5 rings (SSSR count). The van der Waals surface area contributed by atoms with Crippen LogP contribution in [0.1, 0.15) is 22.9 Å². The molecule has 1 aromatic heterocycles. The van der Waals surface area contributed by atoms with Crippen molar-refractivity contribution in [1.82, 2.24) is 9.88 Å². The average Bonchev–Trinajstić information content (AvgIpc) is 3.22. The lowest BCUT2D eigenvalue weighted by Gasteiger charge is -2.24. The summed E-state index contributed by atoms with van der Waals surface area (Å²) in [6, 6.07) is 23.3. The summed E-state index contributed by atoms with van der Waals surface area (Å²) in [6.07, 6.45) is -2.85. The lowest BCUT2D eigenvalue weighted by atomic mass is 10.0. The van der Waals surface area contributed by atoms with E-state index >= 15 is 0 Å². The number of pyridine rings is 1. The zero-order valence-corrected chi connectivity index (χ0v) is 20.2. The van der Waals surface area contributed by atoms with Crippen molar-refractivity contribution in [2.24, 2.45) is 0 Å². The number of alkyl halides is 3. The van der Waals surface area contributed by atoms with Gasteiger partial charge in [-0.15, -0.1) is 0 Å². The van der Waals surface area contributed by atoms with Gasteiger partial charge in [0, 0.05) is 23.5 Å². The molecule has 1 unspecified atom stereocenters. The molecule has 1 fully saturated rings. The first-order valence-corrected chi connectivity index (χ1v) is 11.8. The van der Waals surface area contributed by atoms with Crippen molar-refractivity contribution in [3.63, 3.8) is 0 Å². The molecule has 0 spiro atoms. The zero-order chi connectivity index (χ0) is 26.0. The molecule has 1 atom stereocenters. The second-order valence-corrected chi connectivity index (χ2v) is 8.98. The fourth-order valence-electron chi connectivity index (χ4n) is 4.25. The lowest BCUT2D eigenvalue weighted by molar-refractivity contribution is -0.137. The third-order valence-corrected chi connectivity index (χ3v) is 6.28. The number of carbonyl (C=O) groups is 1. The highest BCUT2D eigenvalue weighted by Crippen LogP contribution is 2.38. The van der Waals surface area contributed by atoms with Crippen molar-refractivity contribution in [2.45, 2.75) is 18.8 Å². The minimum Gasteiger partial charge on any atom is -0.457 e. The van der Waals surface area contributed by atoms with Gasteiger partial charge in [0.25, 0.3) is 0 Å². The summed E-state index contributed by atoms with van der Waals surface area (Å²) < 4.78 is 46.2. The molecule has 0 aliphatic carbocycles. The Balaban J connectivity index is 1.45. The van der Waals surface area contributed by atoms with Gasteiger partial charge in [0.2, 0.25) is 0 Å². The number of amides is 2. The standard InChI is InChI=1S/C28H21ClF3N3O2/c29-21-7-11-24(12-8-21)37-25-13-9-23(10-14-25)35-26(19-4-3-5-20(16-19)28(30,31)32)18-34(27(35)36)17-22-6-1-2-15-33-22/h1-16,26H,17-18H2. The van der Waals surface area contributed by atoms with Crippen molar-refractivity contribution >= 4 is 23.3 Å². The van der Waals surface area contributed by atoms with Gasteiger partial charge in [-0.2, -0.15) is 13.2 Å². The number of hydrogen-bond acceptors (Lipinski definition) is 3. The number of urea groups is 1. The summed E-state index contributed by atoms with van der Waals surface area (Å²) in [5.74, 6) is 1.14. The van der Waals surface area contributed by atoms with E-state index < -0.39 is 17.8 Å². The summed E-state index contributed by atoms with van der Waals surface area (Å²) in [4.78, 5) is 20.9. The molecule has 2 amide bonds. The van der Waals surface area contributed by atoms with E-state index in [0.29, 0.717) is 33.5 Å². The number of anilines is 1. The zero-order valence-electron chi connectivity index (χ0n) is 19.4. The Bertz CT molecular complexity index is 1380. The highest BCUT2D eigenvalue weighted by Gasteiger charge is 2.40. The van der Waals surface area contributed by atoms with Crippen LogP contribution in [0.2, 0.25) is 5.02 Å². The Hall–Kier alpha value is -4.04. The first-order chi connectivity index (χ1) is 17.8. The normalized spacial score (nSPS) is 15.8. The molecule has 1 aliphatic heterocycles. The number of ether oxygens (including phenoxy) is 1. The number of rotatable bonds is 6. The maximum Gasteiger partial charge on any atom is 0.416 e. The van der Waals surface area contributed by atoms with Crippen LogP contribution in [0.5, 0.6) is 11.5 Å². The van der Waals surface area contributed by atoms with Gasteiger partial charge in [-0.25, -0.2) is 4.79 Å². The number of nitrogens with zero attached hydrogens (tertiary/aromatic N) is 3. The molecule has 0 saturated carbocycles. The SMILES string of the molecule is O=C1N(Cc2ccccn2)CC(c2cccc(C(F)(F)F)c2)N1c1ccc(Oc2ccc(Cl)cc2)cc1. The smallest absolute Gasteiger partial charge is 0.416 e. The number of aromatic nitrogens is 1. The predicted octanol–water partition coefficient (Wildman–Crippen LogP) is 7.73. The van der Waals surface area contributed by atoms with Crippen molar-refractivity contribution in [2.75, 3.05) is 11.4 Å². The molecule has 4 aromatic rings. The highest BCUT2D eigenvalue weighted by atomic mass is 35.5. The monoisotopic (exact) mass is 523 g/mol. The molecule has 0 radical (unpaired) electrons. The summed E-state index contributed by atoms with van der Waals surface area (Å²) in [6.45, 7) is 0.448. The Morgan fingerprint density at radius 2 is 1.62 bits per heavy atom. The topological polar surface area (TPSA) is 45.7 Å². The van der Waals surface area contributed by atoms with E-state index in [2.05, 4.69) is 4.98 Å². The molecule has 37 heavy (non-hydrogen) atoms. The van der Waals surface area contributed by atoms with E-state index in [4.69, 9.17) is 16.3 Å². The third-order valence-electron chi connectivity index (χ3n) is 6.02. The van der Waals surface area contributed by atoms with Gasteiger partial charge in [-0.3, -0.25) is 9.88 Å². The van der Waals surface area contributed by atoms with Crippen LogP contribution in [0, 0.1) is 0 Å². The van der Waals surface area contributed by atoms with Gasteiger partial charge in [-0.05, 0) is 78.4 Å². The van der Waals surface area contributed by atoms with E-state index in [1.54, 1.807) is 77.8 Å². The quantitative estimate of drug-likeness (QED) is 0.260. The molecule has 1 saturated heterocycles. The lowest BCUT2D eigenvalue weighted by Crippen LogP contribution is -2.32. The van der Waals surface area contributed by atoms with E-state index in [-0.39, 0.29) is 19.1 Å². The second-order valence-electron chi connectivity index (χ2n) is 8.54. The molecular weight excluding hydrogens is 503 g/mol. The van der Waals surface area contributed by atoms with E-state index in [1.165, 1.54) is 11.0 Å². The molecule has 3 aromatic carbocycles. The molecule has 0 bridgehead atoms. The summed E-state index contributed by atoms with van der Waals surface area (Å²) >= 11 is 5.92. The van der Waals surface area contributed by atoms with Gasteiger partial charge >= 0.3 is 12.2 Å². The van der Waals surface area contributed by atoms with E-state index in [0.717, 1.165) is 12.1 Å². The number of carbonyl (C=O) groups excluding carboxylic acids is 1. The van der Waals surface area contributed by atoms with Gasteiger partial charge in [0.05, 0.1) is 23.8 Å². The van der Waals surface area contributed by atoms with Crippen LogP contribution < -0.4 is 9.64 Å². The van der Waals surface area contributed by atoms with Crippen LogP contribution >= 0.6 is 11.6 Å². The molecule has 2 heterocycles. The van der Waals surface area contributed by atoms with Gasteiger partial charge < -0.3 is 9.64 Å². The molecule has 0 N–H and O–H groups in total. The predicted molar refractivity (Wildman–Crippen MR) is 135 cm³/mol. The van der Waals surface area contributed by atoms with Crippen LogP contribution in [0.25, 0.3) is 0 Å². The van der Waals surface area contributed by atoms with Crippen LogP contribution in [-0.2, 0) is 12.7 Å². The van der Waals surface area contributed by atoms with Crippen LogP contribution in [-0.4, -0.2) is 22.5 Å². The second kappa shape index (κ2) is 10.1. The number of benzene rings is 3. The fourth-order valence-corrected chi connectivity index (χ4v) is 4.38. The first kappa shape index (κ1) is 24.6. The average molecular weight is 524 g/mol. The number of hydrogen-bond donors (Lipinski definition) is 0. The Kier molecular flexibility index (Phi) is 6.76. The first-order valence-electron chi connectivity index (χ1n) is 11.5. The summed E-state index contributed by atoms with van der Waals surface area (Å²) in [5.41, 5.74) is 0.868. The molecule has 188 valence electrons. The largest absolute Gasteiger partial charge is 0.457 e. The minimum atomic E-state index is -4.49. The molecular formula is C28H21ClF3N3O2. The fraction of sp³-hybridized carbons (Fsp3) is 0.143. The number of halogens is 4. The summed E-state index contributed by atoms with van der Waals surface area (Å²) in [5, 5.41) is 0.589. The van der Waals surface area contributed by atoms with Crippen LogP contribution in [0.4, 0.5) is 23.7 Å². The van der Waals surface area contributed by atoms with Crippen molar-refractivity contribution < 1.29 is 22.7 Å². The third kappa shape index (κ3) is 5.54. The maximum absolute atomic E-state index is 13.5. The van der Waals surface area contributed by atoms with Crippen molar-refractivity contribution in [1.29, 1.82) is 0 Å². The van der Waals surface area contributed by atoms with Crippen molar-refractivity contribution in [3.8, 4) is 11.5 Å². The molecule has 9 heteroatoms. The molecule has 1 aliphatic rings. The van der Waals surface area contributed by atoms with E-state index in [1.807, 2.05) is 6.07 Å². The Morgan fingerprint density at radius 1 is 0.919 bits per heavy atom. The van der Waals surface area contributed by atoms with Gasteiger partial charge in [0.15, 0.2) is 0 Å². The highest BCUT2D eigenvalue weighted by molar-refractivity contribution is 6.30. The summed E-state index contributed by atoms with van der Waals surface area (Å²) in [7, 11) is 0. The minimum absolute atomic E-state index is 0.208. The molecule has 5 nitrogen and oxygen atoms in total. The van der Waals surface area contributed by atoms with Crippen LogP contribution in [0.3, 0.4) is 0 Å². The van der Waals surface area contributed by atoms with Gasteiger partial charge in [-0.1, -0.05) is 29.8 Å². The maximum atomic E-state index is 13.5.